The lowest BCUT2D eigenvalue weighted by molar-refractivity contribution is 0.00222. The fraction of sp³-hybridized carbons (Fsp3) is 0.333. The van der Waals surface area contributed by atoms with Gasteiger partial charge in [-0.3, -0.25) is 4.98 Å². The van der Waals surface area contributed by atoms with Crippen LogP contribution >= 0.6 is 27.3 Å². The molecule has 0 aliphatic carbocycles. The average molecular weight is 527 g/mol. The van der Waals surface area contributed by atoms with E-state index in [2.05, 4.69) is 36.5 Å². The van der Waals surface area contributed by atoms with Crippen LogP contribution in [0.3, 0.4) is 0 Å². The average Bonchev–Trinajstić information content (AvgIpc) is 3.47. The van der Waals surface area contributed by atoms with Crippen LogP contribution in [0.15, 0.2) is 52.7 Å². The molecule has 1 aliphatic heterocycles. The van der Waals surface area contributed by atoms with Crippen LogP contribution in [-0.4, -0.2) is 45.3 Å². The second-order valence-corrected chi connectivity index (χ2v) is 9.88. The smallest absolute Gasteiger partial charge is 0.337 e. The van der Waals surface area contributed by atoms with Gasteiger partial charge in [0.25, 0.3) is 0 Å². The van der Waals surface area contributed by atoms with E-state index in [0.717, 1.165) is 44.9 Å². The van der Waals surface area contributed by atoms with Crippen LogP contribution < -0.4 is 0 Å². The van der Waals surface area contributed by atoms with Gasteiger partial charge in [0.2, 0.25) is 0 Å². The maximum Gasteiger partial charge on any atom is 0.337 e. The number of nitrogens with zero attached hydrogens (tertiary/aromatic N) is 4. The van der Waals surface area contributed by atoms with Gasteiger partial charge in [0.05, 0.1) is 48.5 Å². The van der Waals surface area contributed by atoms with E-state index in [1.54, 1.807) is 17.4 Å². The van der Waals surface area contributed by atoms with E-state index in [1.807, 2.05) is 36.0 Å². The molecule has 0 unspecified atom stereocenters. The van der Waals surface area contributed by atoms with Crippen molar-refractivity contribution < 1.29 is 14.3 Å². The molecular formula is C24H23BrN4O3S. The van der Waals surface area contributed by atoms with Crippen molar-refractivity contribution in [3.8, 4) is 0 Å². The number of aromatic nitrogens is 4. The van der Waals surface area contributed by atoms with Crippen LogP contribution in [0.2, 0.25) is 0 Å². The number of thiazole rings is 1. The Morgan fingerprint density at radius 3 is 2.91 bits per heavy atom. The number of esters is 1. The summed E-state index contributed by atoms with van der Waals surface area (Å²) in [6.45, 7) is 1.30. The molecule has 1 fully saturated rings. The zero-order valence-corrected chi connectivity index (χ0v) is 20.5. The third-order valence-corrected chi connectivity index (χ3v) is 7.19. The Hall–Kier alpha value is -2.62. The molecule has 0 bridgehead atoms. The summed E-state index contributed by atoms with van der Waals surface area (Å²) < 4.78 is 14.2. The molecule has 1 aromatic carbocycles. The molecule has 33 heavy (non-hydrogen) atoms. The molecule has 5 rings (SSSR count). The Bertz CT molecular complexity index is 1270. The van der Waals surface area contributed by atoms with E-state index >= 15 is 0 Å². The van der Waals surface area contributed by atoms with E-state index < -0.39 is 0 Å². The quantitative estimate of drug-likeness (QED) is 0.260. The van der Waals surface area contributed by atoms with Gasteiger partial charge < -0.3 is 14.0 Å². The SMILES string of the molecule is COC(=O)c1ccc2nc(C[C@H]3CC[C@@H](c4cccc(Br)n4)CO3)n(Cc3cncs3)c2c1. The van der Waals surface area contributed by atoms with Gasteiger partial charge in [-0.15, -0.1) is 11.3 Å². The molecule has 4 aromatic rings. The topological polar surface area (TPSA) is 79.1 Å². The minimum atomic E-state index is -0.355. The molecular weight excluding hydrogens is 504 g/mol. The van der Waals surface area contributed by atoms with Gasteiger partial charge in [-0.1, -0.05) is 6.07 Å². The molecule has 2 atom stereocenters. The second kappa shape index (κ2) is 9.70. The summed E-state index contributed by atoms with van der Waals surface area (Å²) in [6.07, 6.45) is 4.63. The Kier molecular flexibility index (Phi) is 6.52. The van der Waals surface area contributed by atoms with Gasteiger partial charge in [-0.05, 0) is 59.1 Å². The highest BCUT2D eigenvalue weighted by molar-refractivity contribution is 9.10. The number of hydrogen-bond acceptors (Lipinski definition) is 7. The molecule has 0 N–H and O–H groups in total. The number of rotatable bonds is 6. The minimum Gasteiger partial charge on any atom is -0.465 e. The first-order chi connectivity index (χ1) is 16.1. The molecule has 1 aliphatic rings. The molecule has 4 heterocycles. The Morgan fingerprint density at radius 2 is 2.18 bits per heavy atom. The monoisotopic (exact) mass is 526 g/mol. The molecule has 7 nitrogen and oxygen atoms in total. The summed E-state index contributed by atoms with van der Waals surface area (Å²) in [4.78, 5) is 26.9. The lowest BCUT2D eigenvalue weighted by atomic mass is 9.94. The highest BCUT2D eigenvalue weighted by Crippen LogP contribution is 2.30. The molecule has 0 saturated carbocycles. The van der Waals surface area contributed by atoms with Crippen LogP contribution in [0, 0.1) is 0 Å². The fourth-order valence-corrected chi connectivity index (χ4v) is 5.22. The summed E-state index contributed by atoms with van der Waals surface area (Å²) in [5.74, 6) is 0.897. The minimum absolute atomic E-state index is 0.0884. The number of pyridine rings is 1. The molecule has 9 heteroatoms. The molecule has 0 amide bonds. The first kappa shape index (κ1) is 22.2. The van der Waals surface area contributed by atoms with Crippen molar-refractivity contribution in [2.75, 3.05) is 13.7 Å². The van der Waals surface area contributed by atoms with Crippen molar-refractivity contribution in [1.82, 2.24) is 19.5 Å². The van der Waals surface area contributed by atoms with E-state index in [-0.39, 0.29) is 12.1 Å². The number of fused-ring (bicyclic) bond motifs is 1. The molecule has 3 aromatic heterocycles. The van der Waals surface area contributed by atoms with Crippen LogP contribution in [0.5, 0.6) is 0 Å². The maximum atomic E-state index is 12.1. The van der Waals surface area contributed by atoms with Crippen LogP contribution in [-0.2, 0) is 22.4 Å². The van der Waals surface area contributed by atoms with Crippen LogP contribution in [0.25, 0.3) is 11.0 Å². The first-order valence-electron chi connectivity index (χ1n) is 10.8. The van der Waals surface area contributed by atoms with E-state index in [0.29, 0.717) is 31.1 Å². The van der Waals surface area contributed by atoms with E-state index in [9.17, 15) is 4.79 Å². The zero-order chi connectivity index (χ0) is 22.8. The molecule has 170 valence electrons. The Labute approximate surface area is 203 Å². The number of carbonyl (C=O) groups is 1. The number of methoxy groups -OCH3 is 1. The number of ether oxygens (including phenoxy) is 2. The molecule has 0 spiro atoms. The lowest BCUT2D eigenvalue weighted by Crippen LogP contribution is -2.28. The van der Waals surface area contributed by atoms with Crippen molar-refractivity contribution in [2.45, 2.75) is 37.8 Å². The highest BCUT2D eigenvalue weighted by Gasteiger charge is 2.26. The largest absolute Gasteiger partial charge is 0.465 e. The second-order valence-electron chi connectivity index (χ2n) is 8.10. The third kappa shape index (κ3) is 4.85. The highest BCUT2D eigenvalue weighted by atomic mass is 79.9. The van der Waals surface area contributed by atoms with Crippen molar-refractivity contribution >= 4 is 44.3 Å². The third-order valence-electron chi connectivity index (χ3n) is 5.98. The Balaban J connectivity index is 1.38. The van der Waals surface area contributed by atoms with Crippen molar-refractivity contribution in [3.05, 3.63) is 74.7 Å². The molecule has 1 saturated heterocycles. The summed E-state index contributed by atoms with van der Waals surface area (Å²) in [7, 11) is 1.39. The van der Waals surface area contributed by atoms with Crippen LogP contribution in [0.4, 0.5) is 0 Å². The predicted octanol–water partition coefficient (Wildman–Crippen LogP) is 4.99. The zero-order valence-electron chi connectivity index (χ0n) is 18.1. The van der Waals surface area contributed by atoms with E-state index in [4.69, 9.17) is 14.5 Å². The maximum absolute atomic E-state index is 12.1. The predicted molar refractivity (Wildman–Crippen MR) is 130 cm³/mol. The van der Waals surface area contributed by atoms with Crippen molar-refractivity contribution in [3.63, 3.8) is 0 Å². The fourth-order valence-electron chi connectivity index (χ4n) is 4.28. The van der Waals surface area contributed by atoms with Gasteiger partial charge >= 0.3 is 5.97 Å². The number of hydrogen-bond donors (Lipinski definition) is 0. The van der Waals surface area contributed by atoms with Crippen molar-refractivity contribution in [1.29, 1.82) is 0 Å². The van der Waals surface area contributed by atoms with E-state index in [1.165, 1.54) is 7.11 Å². The summed E-state index contributed by atoms with van der Waals surface area (Å²) in [5, 5.41) is 0. The number of benzene rings is 1. The van der Waals surface area contributed by atoms with Gasteiger partial charge in [-0.25, -0.2) is 14.8 Å². The number of carbonyl (C=O) groups excluding carboxylic acids is 1. The van der Waals surface area contributed by atoms with Crippen LogP contribution in [0.1, 0.15) is 45.5 Å². The van der Waals surface area contributed by atoms with Gasteiger partial charge in [0.15, 0.2) is 0 Å². The lowest BCUT2D eigenvalue weighted by Gasteiger charge is -2.28. The van der Waals surface area contributed by atoms with Crippen molar-refractivity contribution in [2.24, 2.45) is 0 Å². The van der Waals surface area contributed by atoms with Gasteiger partial charge in [-0.2, -0.15) is 0 Å². The summed E-state index contributed by atoms with van der Waals surface area (Å²) >= 11 is 5.06. The Morgan fingerprint density at radius 1 is 1.27 bits per heavy atom. The standard InChI is InChI=1S/C24H23BrN4O3S/c1-31-24(30)15-6-8-20-21(9-15)29(12-18-11-26-14-33-18)23(28-20)10-17-7-5-16(13-32-17)19-3-2-4-22(25)27-19/h2-4,6,8-9,11,14,16-17H,5,7,10,12-13H2,1H3/t16-,17-/m1/s1. The number of imidazole rings is 1. The van der Waals surface area contributed by atoms with Gasteiger partial charge in [0.1, 0.15) is 10.4 Å². The molecule has 0 radical (unpaired) electrons. The summed E-state index contributed by atoms with van der Waals surface area (Å²) in [5.41, 5.74) is 5.17. The summed E-state index contributed by atoms with van der Waals surface area (Å²) in [6, 6.07) is 11.5. The first-order valence-corrected chi connectivity index (χ1v) is 12.5. The number of halogens is 1. The normalized spacial score (nSPS) is 18.5. The van der Waals surface area contributed by atoms with Gasteiger partial charge in [0, 0.05) is 29.1 Å².